The van der Waals surface area contributed by atoms with Crippen LogP contribution in [-0.4, -0.2) is 38.5 Å². The number of fused-ring (bicyclic) bond motifs is 1. The second-order valence-electron chi connectivity index (χ2n) is 5.62. The molecule has 2 aliphatic heterocycles. The van der Waals surface area contributed by atoms with Crippen LogP contribution in [0.1, 0.15) is 18.4 Å². The van der Waals surface area contributed by atoms with E-state index in [9.17, 15) is 13.2 Å². The van der Waals surface area contributed by atoms with Crippen LogP contribution in [0.5, 0.6) is 11.5 Å². The Hall–Kier alpha value is -1.84. The second-order valence-corrected chi connectivity index (χ2v) is 7.17. The number of hydrogen-bond acceptors (Lipinski definition) is 5. The molecule has 9 heteroatoms. The number of carbonyl (C=O) groups excluding carboxylic acids is 1. The lowest BCUT2D eigenvalue weighted by Gasteiger charge is -2.29. The Balaban J connectivity index is 1.50. The van der Waals surface area contributed by atoms with E-state index in [0.717, 1.165) is 5.56 Å². The molecule has 0 aromatic heterocycles. The molecule has 1 aromatic carbocycles. The molecule has 2 heterocycles. The molecule has 23 heavy (non-hydrogen) atoms. The Morgan fingerprint density at radius 3 is 2.65 bits per heavy atom. The third kappa shape index (κ3) is 3.74. The molecule has 8 nitrogen and oxygen atoms in total. The van der Waals surface area contributed by atoms with Crippen LogP contribution in [0.15, 0.2) is 18.2 Å². The maximum atomic E-state index is 12.2. The predicted octanol–water partition coefficient (Wildman–Crippen LogP) is -0.0530. The number of nitrogens with zero attached hydrogens (tertiary/aromatic N) is 1. The van der Waals surface area contributed by atoms with Crippen LogP contribution in [0.25, 0.3) is 0 Å². The van der Waals surface area contributed by atoms with Gasteiger partial charge in [0.05, 0.1) is 0 Å². The van der Waals surface area contributed by atoms with Gasteiger partial charge in [-0.1, -0.05) is 6.07 Å². The Morgan fingerprint density at radius 1 is 1.26 bits per heavy atom. The molecule has 0 saturated carbocycles. The lowest BCUT2D eigenvalue weighted by atomic mass is 9.97. The Labute approximate surface area is 134 Å². The molecule has 3 rings (SSSR count). The summed E-state index contributed by atoms with van der Waals surface area (Å²) in [5, 5.41) is 7.97. The average Bonchev–Trinajstić information content (AvgIpc) is 2.99. The number of nitrogens with one attached hydrogen (secondary N) is 1. The van der Waals surface area contributed by atoms with Crippen LogP contribution in [0, 0.1) is 5.92 Å². The van der Waals surface area contributed by atoms with Gasteiger partial charge in [-0.2, -0.15) is 12.7 Å². The van der Waals surface area contributed by atoms with E-state index in [-0.39, 0.29) is 31.7 Å². The number of rotatable bonds is 4. The van der Waals surface area contributed by atoms with Crippen molar-refractivity contribution in [2.45, 2.75) is 19.4 Å². The van der Waals surface area contributed by atoms with Gasteiger partial charge in [-0.25, -0.2) is 5.14 Å². The van der Waals surface area contributed by atoms with Gasteiger partial charge in [-0.05, 0) is 30.5 Å². The molecular weight excluding hydrogens is 322 g/mol. The number of hydrogen-bond donors (Lipinski definition) is 2. The number of amides is 1. The van der Waals surface area contributed by atoms with Gasteiger partial charge >= 0.3 is 0 Å². The number of carbonyl (C=O) groups is 1. The van der Waals surface area contributed by atoms with Gasteiger partial charge in [0.2, 0.25) is 12.7 Å². The van der Waals surface area contributed by atoms with E-state index in [1.165, 1.54) is 4.31 Å². The smallest absolute Gasteiger partial charge is 0.276 e. The monoisotopic (exact) mass is 341 g/mol. The fraction of sp³-hybridized carbons (Fsp3) is 0.500. The third-order valence-corrected chi connectivity index (χ3v) is 5.17. The normalized spacial score (nSPS) is 18.8. The number of ether oxygens (including phenoxy) is 2. The highest BCUT2D eigenvalue weighted by atomic mass is 32.2. The first-order chi connectivity index (χ1) is 10.9. The van der Waals surface area contributed by atoms with Crippen molar-refractivity contribution in [2.75, 3.05) is 19.9 Å². The van der Waals surface area contributed by atoms with E-state index >= 15 is 0 Å². The molecule has 3 N–H and O–H groups in total. The molecule has 0 atom stereocenters. The zero-order valence-electron chi connectivity index (χ0n) is 12.5. The SMILES string of the molecule is NS(=O)(=O)N1CCC(C(=O)NCc2ccc3c(c2)OCO3)CC1. The summed E-state index contributed by atoms with van der Waals surface area (Å²) in [6.45, 7) is 1.17. The van der Waals surface area contributed by atoms with Gasteiger partial charge < -0.3 is 14.8 Å². The molecule has 0 bridgehead atoms. The van der Waals surface area contributed by atoms with E-state index in [2.05, 4.69) is 5.32 Å². The summed E-state index contributed by atoms with van der Waals surface area (Å²) in [5.74, 6) is 1.12. The van der Waals surface area contributed by atoms with Crippen molar-refractivity contribution in [3.63, 3.8) is 0 Å². The first kappa shape index (κ1) is 16.0. The van der Waals surface area contributed by atoms with E-state index in [0.29, 0.717) is 30.9 Å². The summed E-state index contributed by atoms with van der Waals surface area (Å²) in [5.41, 5.74) is 0.921. The van der Waals surface area contributed by atoms with Crippen LogP contribution in [0.2, 0.25) is 0 Å². The highest BCUT2D eigenvalue weighted by molar-refractivity contribution is 7.86. The zero-order valence-corrected chi connectivity index (χ0v) is 13.3. The molecule has 0 aliphatic carbocycles. The maximum absolute atomic E-state index is 12.2. The molecule has 0 spiro atoms. The molecule has 2 aliphatic rings. The molecule has 126 valence electrons. The fourth-order valence-electron chi connectivity index (χ4n) is 2.76. The van der Waals surface area contributed by atoms with Crippen molar-refractivity contribution in [3.8, 4) is 11.5 Å². The van der Waals surface area contributed by atoms with Gasteiger partial charge in [-0.3, -0.25) is 4.79 Å². The quantitative estimate of drug-likeness (QED) is 0.797. The highest BCUT2D eigenvalue weighted by Crippen LogP contribution is 2.32. The summed E-state index contributed by atoms with van der Waals surface area (Å²) in [4.78, 5) is 12.2. The van der Waals surface area contributed by atoms with Crippen LogP contribution < -0.4 is 19.9 Å². The first-order valence-electron chi connectivity index (χ1n) is 7.37. The lowest BCUT2D eigenvalue weighted by Crippen LogP contribution is -2.45. The van der Waals surface area contributed by atoms with E-state index in [4.69, 9.17) is 14.6 Å². The molecule has 1 amide bonds. The van der Waals surface area contributed by atoms with E-state index in [1.807, 2.05) is 18.2 Å². The Kier molecular flexibility index (Phi) is 4.42. The molecule has 1 saturated heterocycles. The van der Waals surface area contributed by atoms with Crippen LogP contribution in [0.3, 0.4) is 0 Å². The second kappa shape index (κ2) is 6.34. The van der Waals surface area contributed by atoms with Gasteiger partial charge in [0, 0.05) is 25.6 Å². The van der Waals surface area contributed by atoms with Crippen molar-refractivity contribution in [1.29, 1.82) is 0 Å². The maximum Gasteiger partial charge on any atom is 0.276 e. The number of piperidine rings is 1. The minimum atomic E-state index is -3.66. The minimum Gasteiger partial charge on any atom is -0.454 e. The van der Waals surface area contributed by atoms with Crippen LogP contribution in [0.4, 0.5) is 0 Å². The van der Waals surface area contributed by atoms with Crippen molar-refractivity contribution in [2.24, 2.45) is 11.1 Å². The van der Waals surface area contributed by atoms with Gasteiger partial charge in [0.25, 0.3) is 10.2 Å². The Morgan fingerprint density at radius 2 is 1.96 bits per heavy atom. The van der Waals surface area contributed by atoms with Crippen molar-refractivity contribution < 1.29 is 22.7 Å². The average molecular weight is 341 g/mol. The fourth-order valence-corrected chi connectivity index (χ4v) is 3.48. The summed E-state index contributed by atoms with van der Waals surface area (Å²) in [7, 11) is -3.66. The minimum absolute atomic E-state index is 0.0725. The molecule has 0 unspecified atom stereocenters. The highest BCUT2D eigenvalue weighted by Gasteiger charge is 2.29. The van der Waals surface area contributed by atoms with Gasteiger partial charge in [-0.15, -0.1) is 0 Å². The summed E-state index contributed by atoms with van der Waals surface area (Å²) in [6.07, 6.45) is 0.951. The standard InChI is InChI=1S/C14H19N3O5S/c15-23(19,20)17-5-3-11(4-6-17)14(18)16-8-10-1-2-12-13(7-10)22-9-21-12/h1-2,7,11H,3-6,8-9H2,(H,16,18)(H2,15,19,20). The lowest BCUT2D eigenvalue weighted by molar-refractivity contribution is -0.126. The van der Waals surface area contributed by atoms with Crippen molar-refractivity contribution in [3.05, 3.63) is 23.8 Å². The van der Waals surface area contributed by atoms with Crippen LogP contribution >= 0.6 is 0 Å². The summed E-state index contributed by atoms with van der Waals surface area (Å²) < 4.78 is 34.2. The number of nitrogens with two attached hydrogens (primary N) is 1. The van der Waals surface area contributed by atoms with Gasteiger partial charge in [0.1, 0.15) is 0 Å². The largest absolute Gasteiger partial charge is 0.454 e. The molecule has 1 fully saturated rings. The molecule has 1 aromatic rings. The number of benzene rings is 1. The van der Waals surface area contributed by atoms with E-state index < -0.39 is 10.2 Å². The van der Waals surface area contributed by atoms with Crippen molar-refractivity contribution in [1.82, 2.24) is 9.62 Å². The zero-order chi connectivity index (χ0) is 16.4. The van der Waals surface area contributed by atoms with Crippen LogP contribution in [-0.2, 0) is 21.5 Å². The summed E-state index contributed by atoms with van der Waals surface area (Å²) >= 11 is 0. The van der Waals surface area contributed by atoms with E-state index in [1.54, 1.807) is 0 Å². The van der Waals surface area contributed by atoms with Crippen molar-refractivity contribution >= 4 is 16.1 Å². The Bertz CT molecular complexity index is 698. The molecule has 0 radical (unpaired) electrons. The third-order valence-electron chi connectivity index (χ3n) is 4.09. The first-order valence-corrected chi connectivity index (χ1v) is 8.88. The topological polar surface area (TPSA) is 111 Å². The summed E-state index contributed by atoms with van der Waals surface area (Å²) in [6, 6.07) is 5.53. The predicted molar refractivity (Wildman–Crippen MR) is 81.8 cm³/mol. The molecular formula is C14H19N3O5S. The van der Waals surface area contributed by atoms with Gasteiger partial charge in [0.15, 0.2) is 11.5 Å².